The number of unbranched alkanes of at least 4 members (excludes halogenated alkanes) is 2. The highest BCUT2D eigenvalue weighted by atomic mass is 16.6. The summed E-state index contributed by atoms with van der Waals surface area (Å²) in [4.78, 5) is 62.5. The van der Waals surface area contributed by atoms with Gasteiger partial charge in [0.05, 0.1) is 37.9 Å². The van der Waals surface area contributed by atoms with E-state index in [1.165, 1.54) is 7.11 Å². The van der Waals surface area contributed by atoms with E-state index in [-0.39, 0.29) is 43.9 Å². The minimum absolute atomic E-state index is 0.0407. The fraction of sp³-hybridized carbons (Fsp3) is 0.622. The molecule has 2 N–H and O–H groups in total. The Hall–Kier alpha value is -3.62. The van der Waals surface area contributed by atoms with E-state index in [2.05, 4.69) is 10.2 Å². The molecule has 0 aliphatic carbocycles. The van der Waals surface area contributed by atoms with Crippen LogP contribution in [0.25, 0.3) is 0 Å². The summed E-state index contributed by atoms with van der Waals surface area (Å²) >= 11 is 0. The molecule has 50 heavy (non-hydrogen) atoms. The zero-order valence-corrected chi connectivity index (χ0v) is 28.8. The third-order valence-electron chi connectivity index (χ3n) is 10.5. The molecular weight excluding hydrogens is 644 g/mol. The van der Waals surface area contributed by atoms with E-state index >= 15 is 0 Å². The molecule has 3 saturated heterocycles. The maximum absolute atomic E-state index is 14.8. The lowest BCUT2D eigenvalue weighted by molar-refractivity contribution is -0.162. The molecule has 0 unspecified atom stereocenters. The molecule has 0 aromatic heterocycles. The highest BCUT2D eigenvalue weighted by Gasteiger charge is 2.73. The number of carbonyl (C=O) groups excluding carboxylic acids is 4. The lowest BCUT2D eigenvalue weighted by Crippen LogP contribution is -2.57. The zero-order valence-electron chi connectivity index (χ0n) is 28.8. The third kappa shape index (κ3) is 7.52. The number of cyclic esters (lactones) is 1. The molecule has 0 saturated carbocycles. The number of esters is 1. The smallest absolute Gasteiger partial charge is 0.313 e. The Bertz CT molecular complexity index is 1420. The van der Waals surface area contributed by atoms with Crippen molar-refractivity contribution in [2.75, 3.05) is 72.8 Å². The van der Waals surface area contributed by atoms with Gasteiger partial charge in [0.2, 0.25) is 17.7 Å². The van der Waals surface area contributed by atoms with Crippen LogP contribution in [0.15, 0.2) is 54.6 Å². The van der Waals surface area contributed by atoms with Gasteiger partial charge in [0.1, 0.15) is 23.7 Å². The van der Waals surface area contributed by atoms with Crippen molar-refractivity contribution in [1.29, 1.82) is 0 Å². The zero-order chi connectivity index (χ0) is 35.1. The van der Waals surface area contributed by atoms with Crippen molar-refractivity contribution in [3.8, 4) is 0 Å². The summed E-state index contributed by atoms with van der Waals surface area (Å²) in [6, 6.07) is 7.49. The Morgan fingerprint density at radius 3 is 2.54 bits per heavy atom. The number of methoxy groups -OCH3 is 1. The van der Waals surface area contributed by atoms with E-state index in [0.717, 1.165) is 13.1 Å². The standard InChI is InChI=1S/C37H50N4O9/c1-47-25-27-32(26-11-5-2-6-12-26)49-36(46)30-28-14-15-37(50-28)31(30)34(44)41(17-9-4-10-22-42)33(37)35(45)40(16-8-3-7-13-29(43)38-27)19-18-39-20-23-48-24-21-39/h2-3,5-6,8,11-12,14-15,27-28,30-33,42H,4,7,9-10,13,16-25H2,1H3,(H,38,43)/b8-3-/t27-,28+,30-,31-,32-,33+,37-/m0/s1. The second-order valence-electron chi connectivity index (χ2n) is 13.7. The molecule has 3 amide bonds. The molecule has 5 bridgehead atoms. The third-order valence-corrected chi connectivity index (χ3v) is 10.5. The Morgan fingerprint density at radius 2 is 1.78 bits per heavy atom. The van der Waals surface area contributed by atoms with E-state index in [1.54, 1.807) is 15.9 Å². The SMILES string of the molecule is COC[C@@H]1NC(=O)CC/C=C\CN(CCN2CCOCC2)C(=O)[C@H]2N(CCCCCO)C(=O)[C@@H]3[C@@H](C(=O)O[C@H]1c1ccccc1)[C@H]1C=C[C@]32O1. The van der Waals surface area contributed by atoms with E-state index < -0.39 is 47.7 Å². The van der Waals surface area contributed by atoms with Crippen LogP contribution in [0.3, 0.4) is 0 Å². The second-order valence-corrected chi connectivity index (χ2v) is 13.7. The van der Waals surface area contributed by atoms with Gasteiger partial charge in [-0.1, -0.05) is 54.6 Å². The summed E-state index contributed by atoms with van der Waals surface area (Å²) < 4.78 is 23.9. The molecule has 5 heterocycles. The van der Waals surface area contributed by atoms with Gasteiger partial charge in [0.15, 0.2) is 0 Å². The minimum atomic E-state index is -1.34. The number of nitrogens with one attached hydrogen (secondary N) is 1. The number of aliphatic hydroxyl groups is 1. The number of ether oxygens (including phenoxy) is 4. The summed E-state index contributed by atoms with van der Waals surface area (Å²) in [5.41, 5.74) is -0.667. The van der Waals surface area contributed by atoms with E-state index in [9.17, 15) is 24.3 Å². The van der Waals surface area contributed by atoms with Crippen LogP contribution in [0.2, 0.25) is 0 Å². The van der Waals surface area contributed by atoms with E-state index in [1.807, 2.05) is 48.6 Å². The fourth-order valence-electron chi connectivity index (χ4n) is 8.01. The Balaban J connectivity index is 1.37. The molecule has 5 aliphatic heterocycles. The number of fused-ring (bicyclic) bond motifs is 2. The van der Waals surface area contributed by atoms with Gasteiger partial charge in [-0.15, -0.1) is 0 Å². The van der Waals surface area contributed by atoms with Crippen LogP contribution >= 0.6 is 0 Å². The van der Waals surface area contributed by atoms with Crippen LogP contribution in [-0.4, -0.2) is 140 Å². The van der Waals surface area contributed by atoms with Crippen LogP contribution in [0.1, 0.15) is 43.8 Å². The van der Waals surface area contributed by atoms with Crippen LogP contribution in [-0.2, 0) is 38.1 Å². The van der Waals surface area contributed by atoms with Gasteiger partial charge in [-0.25, -0.2) is 0 Å². The molecule has 3 fully saturated rings. The minimum Gasteiger partial charge on any atom is -0.455 e. The lowest BCUT2D eigenvalue weighted by Gasteiger charge is -2.37. The first-order valence-corrected chi connectivity index (χ1v) is 17.9. The predicted octanol–water partition coefficient (Wildman–Crippen LogP) is 1.23. The molecule has 6 rings (SSSR count). The summed E-state index contributed by atoms with van der Waals surface area (Å²) in [6.07, 6.45) is 8.21. The van der Waals surface area contributed by atoms with Crippen molar-refractivity contribution in [3.63, 3.8) is 0 Å². The summed E-state index contributed by atoms with van der Waals surface area (Å²) in [5, 5.41) is 12.4. The molecule has 13 nitrogen and oxygen atoms in total. The lowest BCUT2D eigenvalue weighted by atomic mass is 9.74. The van der Waals surface area contributed by atoms with Crippen molar-refractivity contribution in [2.45, 2.75) is 62.0 Å². The second kappa shape index (κ2) is 16.6. The molecule has 1 aromatic rings. The highest BCUT2D eigenvalue weighted by molar-refractivity contribution is 5.99. The first-order chi connectivity index (χ1) is 24.4. The Morgan fingerprint density at radius 1 is 0.980 bits per heavy atom. The number of amides is 3. The molecular formula is C37H50N4O9. The van der Waals surface area contributed by atoms with Crippen molar-refractivity contribution >= 4 is 23.7 Å². The van der Waals surface area contributed by atoms with Crippen LogP contribution in [0.5, 0.6) is 0 Å². The molecule has 13 heteroatoms. The average molecular weight is 695 g/mol. The largest absolute Gasteiger partial charge is 0.455 e. The quantitative estimate of drug-likeness (QED) is 0.197. The number of morpholine rings is 1. The van der Waals surface area contributed by atoms with Crippen LogP contribution in [0, 0.1) is 11.8 Å². The van der Waals surface area contributed by atoms with Crippen LogP contribution in [0.4, 0.5) is 0 Å². The first-order valence-electron chi connectivity index (χ1n) is 17.9. The van der Waals surface area contributed by atoms with Crippen LogP contribution < -0.4 is 5.32 Å². The Kier molecular flexibility index (Phi) is 12.0. The maximum Gasteiger partial charge on any atom is 0.313 e. The van der Waals surface area contributed by atoms with Crippen molar-refractivity contribution in [3.05, 3.63) is 60.2 Å². The van der Waals surface area contributed by atoms with Crippen molar-refractivity contribution in [2.24, 2.45) is 11.8 Å². The van der Waals surface area contributed by atoms with Gasteiger partial charge >= 0.3 is 5.97 Å². The first kappa shape index (κ1) is 36.2. The average Bonchev–Trinajstić information content (AvgIpc) is 3.77. The number of aliphatic hydroxyl groups excluding tert-OH is 1. The Labute approximate surface area is 293 Å². The predicted molar refractivity (Wildman–Crippen MR) is 181 cm³/mol. The topological polar surface area (TPSA) is 147 Å². The highest BCUT2D eigenvalue weighted by Crippen LogP contribution is 2.56. The molecule has 5 aliphatic rings. The van der Waals surface area contributed by atoms with Gasteiger partial charge < -0.3 is 39.2 Å². The fourth-order valence-corrected chi connectivity index (χ4v) is 8.01. The van der Waals surface area contributed by atoms with Crippen molar-refractivity contribution < 1.29 is 43.2 Å². The molecule has 0 radical (unpaired) electrons. The van der Waals surface area contributed by atoms with Gasteiger partial charge in [0, 0.05) is 59.4 Å². The number of nitrogens with zero attached hydrogens (tertiary/aromatic N) is 3. The summed E-state index contributed by atoms with van der Waals surface area (Å²) in [6.45, 7) is 4.56. The number of likely N-dealkylation sites (tertiary alicyclic amines) is 1. The van der Waals surface area contributed by atoms with Gasteiger partial charge in [-0.3, -0.25) is 24.1 Å². The molecule has 1 spiro atoms. The molecule has 1 aromatic carbocycles. The number of benzene rings is 1. The molecule has 272 valence electrons. The number of hydrogen-bond donors (Lipinski definition) is 2. The van der Waals surface area contributed by atoms with E-state index in [0.29, 0.717) is 64.1 Å². The monoisotopic (exact) mass is 694 g/mol. The van der Waals surface area contributed by atoms with Gasteiger partial charge in [0.25, 0.3) is 0 Å². The number of allylic oxidation sites excluding steroid dienone is 1. The maximum atomic E-state index is 14.8. The van der Waals surface area contributed by atoms with Crippen molar-refractivity contribution in [1.82, 2.24) is 20.0 Å². The van der Waals surface area contributed by atoms with Gasteiger partial charge in [-0.2, -0.15) is 0 Å². The van der Waals surface area contributed by atoms with Gasteiger partial charge in [-0.05, 0) is 31.2 Å². The summed E-state index contributed by atoms with van der Waals surface area (Å²) in [7, 11) is 1.52. The summed E-state index contributed by atoms with van der Waals surface area (Å²) in [5.74, 6) is -3.38. The number of carbonyl (C=O) groups is 4. The van der Waals surface area contributed by atoms with E-state index in [4.69, 9.17) is 18.9 Å². The number of rotatable bonds is 11. The normalized spacial score (nSPS) is 32.7. The number of hydrogen-bond acceptors (Lipinski definition) is 10. The molecule has 7 atom stereocenters.